The molecule has 20 heavy (non-hydrogen) atoms. The lowest BCUT2D eigenvalue weighted by Crippen LogP contribution is -2.39. The fourth-order valence-corrected chi connectivity index (χ4v) is 3.27. The summed E-state index contributed by atoms with van der Waals surface area (Å²) < 4.78 is 8.14. The van der Waals surface area contributed by atoms with Crippen molar-refractivity contribution >= 4 is 17.1 Å². The standard InChI is InChI=1S/C15H22N4O/c1-3-15(4-2)10-11(7-9-20-15)19-13-12(18-14(19)16)6-5-8-17-13/h5-6,8,11H,3-4,7,9-10H2,1-2H3,(H2,16,18). The number of nitrogen functional groups attached to an aromatic ring is 1. The number of rotatable bonds is 3. The molecule has 0 aromatic carbocycles. The van der Waals surface area contributed by atoms with Crippen LogP contribution in [0.3, 0.4) is 0 Å². The zero-order chi connectivity index (χ0) is 14.2. The van der Waals surface area contributed by atoms with E-state index in [-0.39, 0.29) is 5.60 Å². The molecular weight excluding hydrogens is 252 g/mol. The number of imidazole rings is 1. The second kappa shape index (κ2) is 5.05. The average molecular weight is 274 g/mol. The summed E-state index contributed by atoms with van der Waals surface area (Å²) in [7, 11) is 0. The molecule has 1 aliphatic rings. The molecule has 0 saturated carbocycles. The molecule has 0 spiro atoms. The quantitative estimate of drug-likeness (QED) is 0.934. The van der Waals surface area contributed by atoms with Gasteiger partial charge in [-0.3, -0.25) is 4.57 Å². The van der Waals surface area contributed by atoms with Gasteiger partial charge in [-0.2, -0.15) is 0 Å². The van der Waals surface area contributed by atoms with Gasteiger partial charge in [-0.25, -0.2) is 9.97 Å². The molecule has 0 aliphatic carbocycles. The van der Waals surface area contributed by atoms with Gasteiger partial charge in [-0.1, -0.05) is 13.8 Å². The van der Waals surface area contributed by atoms with E-state index in [2.05, 4.69) is 28.4 Å². The van der Waals surface area contributed by atoms with Gasteiger partial charge in [0.05, 0.1) is 5.60 Å². The van der Waals surface area contributed by atoms with Crippen LogP contribution in [0.4, 0.5) is 5.95 Å². The Kier molecular flexibility index (Phi) is 3.38. The molecule has 2 N–H and O–H groups in total. The van der Waals surface area contributed by atoms with Crippen molar-refractivity contribution < 1.29 is 4.74 Å². The van der Waals surface area contributed by atoms with Crippen LogP contribution in [-0.4, -0.2) is 26.7 Å². The van der Waals surface area contributed by atoms with Crippen molar-refractivity contribution in [1.82, 2.24) is 14.5 Å². The van der Waals surface area contributed by atoms with Gasteiger partial charge in [0.2, 0.25) is 5.95 Å². The van der Waals surface area contributed by atoms with Gasteiger partial charge in [-0.05, 0) is 37.8 Å². The number of fused-ring (bicyclic) bond motifs is 1. The number of aromatic nitrogens is 3. The lowest BCUT2D eigenvalue weighted by molar-refractivity contribution is -0.0980. The summed E-state index contributed by atoms with van der Waals surface area (Å²) in [5, 5.41) is 0. The smallest absolute Gasteiger partial charge is 0.202 e. The molecule has 0 amide bonds. The van der Waals surface area contributed by atoms with Crippen molar-refractivity contribution in [3.8, 4) is 0 Å². The third kappa shape index (κ3) is 2.06. The highest BCUT2D eigenvalue weighted by Gasteiger charge is 2.36. The fraction of sp³-hybridized carbons (Fsp3) is 0.600. The molecule has 2 aromatic heterocycles. The van der Waals surface area contributed by atoms with Crippen molar-refractivity contribution in [1.29, 1.82) is 0 Å². The Hall–Kier alpha value is -1.62. The molecule has 1 atom stereocenters. The minimum absolute atomic E-state index is 0.0271. The summed E-state index contributed by atoms with van der Waals surface area (Å²) in [4.78, 5) is 8.88. The van der Waals surface area contributed by atoms with Crippen LogP contribution in [0.25, 0.3) is 11.2 Å². The maximum absolute atomic E-state index is 6.13. The fourth-order valence-electron chi connectivity index (χ4n) is 3.27. The number of nitrogens with two attached hydrogens (primary N) is 1. The van der Waals surface area contributed by atoms with E-state index in [1.54, 1.807) is 6.20 Å². The molecule has 108 valence electrons. The molecule has 0 bridgehead atoms. The number of anilines is 1. The summed E-state index contributed by atoms with van der Waals surface area (Å²) in [6, 6.07) is 4.18. The summed E-state index contributed by atoms with van der Waals surface area (Å²) in [6.45, 7) is 5.16. The lowest BCUT2D eigenvalue weighted by atomic mass is 9.86. The first-order valence-corrected chi connectivity index (χ1v) is 7.41. The SMILES string of the molecule is CCC1(CC)CC(n2c(N)nc3cccnc32)CCO1. The first kappa shape index (κ1) is 13.4. The highest BCUT2D eigenvalue weighted by Crippen LogP contribution is 2.39. The molecule has 5 nitrogen and oxygen atoms in total. The maximum Gasteiger partial charge on any atom is 0.202 e. The Labute approximate surface area is 119 Å². The number of ether oxygens (including phenoxy) is 1. The van der Waals surface area contributed by atoms with Crippen LogP contribution >= 0.6 is 0 Å². The first-order chi connectivity index (χ1) is 9.69. The van der Waals surface area contributed by atoms with Gasteiger partial charge >= 0.3 is 0 Å². The second-order valence-corrected chi connectivity index (χ2v) is 5.57. The number of pyridine rings is 1. The largest absolute Gasteiger partial charge is 0.375 e. The lowest BCUT2D eigenvalue weighted by Gasteiger charge is -2.40. The van der Waals surface area contributed by atoms with Gasteiger partial charge in [-0.15, -0.1) is 0 Å². The normalized spacial score (nSPS) is 22.2. The summed E-state index contributed by atoms with van der Waals surface area (Å²) in [5.41, 5.74) is 7.86. The van der Waals surface area contributed by atoms with E-state index in [1.165, 1.54) is 0 Å². The number of hydrogen-bond donors (Lipinski definition) is 1. The molecule has 1 aliphatic heterocycles. The Morgan fingerprint density at radius 2 is 2.25 bits per heavy atom. The molecule has 3 rings (SSSR count). The Bertz CT molecular complexity index is 603. The third-order valence-electron chi connectivity index (χ3n) is 4.60. The Morgan fingerprint density at radius 1 is 1.45 bits per heavy atom. The predicted molar refractivity (Wildman–Crippen MR) is 79.5 cm³/mol. The monoisotopic (exact) mass is 274 g/mol. The predicted octanol–water partition coefficient (Wildman–Crippen LogP) is 2.92. The van der Waals surface area contributed by atoms with Crippen LogP contribution in [0.1, 0.15) is 45.6 Å². The molecular formula is C15H22N4O. The first-order valence-electron chi connectivity index (χ1n) is 7.41. The minimum Gasteiger partial charge on any atom is -0.375 e. The molecule has 1 fully saturated rings. The van der Waals surface area contributed by atoms with Crippen LogP contribution < -0.4 is 5.73 Å². The Balaban J connectivity index is 2.00. The molecule has 5 heteroatoms. The molecule has 1 saturated heterocycles. The van der Waals surface area contributed by atoms with Crippen molar-refractivity contribution in [2.24, 2.45) is 0 Å². The van der Waals surface area contributed by atoms with E-state index < -0.39 is 0 Å². The number of hydrogen-bond acceptors (Lipinski definition) is 4. The van der Waals surface area contributed by atoms with Gasteiger partial charge < -0.3 is 10.5 Å². The van der Waals surface area contributed by atoms with Crippen LogP contribution in [0, 0.1) is 0 Å². The average Bonchev–Trinajstić information content (AvgIpc) is 2.83. The van der Waals surface area contributed by atoms with E-state index >= 15 is 0 Å². The van der Waals surface area contributed by atoms with E-state index in [0.29, 0.717) is 12.0 Å². The third-order valence-corrected chi connectivity index (χ3v) is 4.60. The summed E-state index contributed by atoms with van der Waals surface area (Å²) in [5.74, 6) is 0.562. The van der Waals surface area contributed by atoms with Crippen LogP contribution in [0.5, 0.6) is 0 Å². The highest BCUT2D eigenvalue weighted by molar-refractivity contribution is 5.74. The molecule has 1 unspecified atom stereocenters. The molecule has 2 aromatic rings. The zero-order valence-corrected chi connectivity index (χ0v) is 12.2. The molecule has 3 heterocycles. The van der Waals surface area contributed by atoms with Crippen molar-refractivity contribution in [3.63, 3.8) is 0 Å². The van der Waals surface area contributed by atoms with Crippen molar-refractivity contribution in [2.75, 3.05) is 12.3 Å². The second-order valence-electron chi connectivity index (χ2n) is 5.57. The van der Waals surface area contributed by atoms with Gasteiger partial charge in [0.15, 0.2) is 5.65 Å². The van der Waals surface area contributed by atoms with E-state index in [4.69, 9.17) is 10.5 Å². The topological polar surface area (TPSA) is 66.0 Å². The van der Waals surface area contributed by atoms with Gasteiger partial charge in [0.25, 0.3) is 0 Å². The van der Waals surface area contributed by atoms with Crippen molar-refractivity contribution in [3.05, 3.63) is 18.3 Å². The van der Waals surface area contributed by atoms with E-state index in [0.717, 1.165) is 43.5 Å². The van der Waals surface area contributed by atoms with Crippen molar-refractivity contribution in [2.45, 2.75) is 51.2 Å². The maximum atomic E-state index is 6.13. The number of nitrogens with zero attached hydrogens (tertiary/aromatic N) is 3. The molecule has 0 radical (unpaired) electrons. The van der Waals surface area contributed by atoms with Crippen LogP contribution in [-0.2, 0) is 4.74 Å². The van der Waals surface area contributed by atoms with Crippen LogP contribution in [0.15, 0.2) is 18.3 Å². The minimum atomic E-state index is -0.0271. The summed E-state index contributed by atoms with van der Waals surface area (Å²) >= 11 is 0. The van der Waals surface area contributed by atoms with E-state index in [9.17, 15) is 0 Å². The van der Waals surface area contributed by atoms with Crippen LogP contribution in [0.2, 0.25) is 0 Å². The van der Waals surface area contributed by atoms with Gasteiger partial charge in [0.1, 0.15) is 5.52 Å². The summed E-state index contributed by atoms with van der Waals surface area (Å²) in [6.07, 6.45) is 5.80. The highest BCUT2D eigenvalue weighted by atomic mass is 16.5. The van der Waals surface area contributed by atoms with Gasteiger partial charge in [0, 0.05) is 18.8 Å². The van der Waals surface area contributed by atoms with E-state index in [1.807, 2.05) is 12.1 Å². The Morgan fingerprint density at radius 3 is 3.00 bits per heavy atom. The zero-order valence-electron chi connectivity index (χ0n) is 12.2.